The maximum atomic E-state index is 4.77. The summed E-state index contributed by atoms with van der Waals surface area (Å²) in [5.41, 5.74) is 6.38. The van der Waals surface area contributed by atoms with E-state index in [-0.39, 0.29) is 35.6 Å². The van der Waals surface area contributed by atoms with Crippen molar-refractivity contribution in [3.63, 3.8) is 0 Å². The Morgan fingerprint density at radius 3 is 1.65 bits per heavy atom. The fourth-order valence-electron chi connectivity index (χ4n) is 3.38. The molecule has 3 nitrogen and oxygen atoms in total. The molecule has 0 bridgehead atoms. The summed E-state index contributed by atoms with van der Waals surface area (Å²) in [5, 5.41) is 2.21. The summed E-state index contributed by atoms with van der Waals surface area (Å²) in [6, 6.07) is 22.2. The predicted octanol–water partition coefficient (Wildman–Crippen LogP) is 8.56. The molecule has 4 aromatic rings. The van der Waals surface area contributed by atoms with Crippen molar-refractivity contribution < 1.29 is 17.1 Å². The van der Waals surface area contributed by atoms with Gasteiger partial charge in [-0.1, -0.05) is 59.7 Å². The summed E-state index contributed by atoms with van der Waals surface area (Å²) in [6.07, 6.45) is 2.83. The number of hydrogen-bond acceptors (Lipinski definition) is 3. The second kappa shape index (κ2) is 14.2. The van der Waals surface area contributed by atoms with Crippen LogP contribution in [0.25, 0.3) is 21.8 Å². The fourth-order valence-corrected chi connectivity index (χ4v) is 3.38. The van der Waals surface area contributed by atoms with Crippen LogP contribution in [0.5, 0.6) is 0 Å². The molecule has 0 spiro atoms. The van der Waals surface area contributed by atoms with Gasteiger partial charge in [0.15, 0.2) is 0 Å². The van der Waals surface area contributed by atoms with Crippen LogP contribution in [-0.2, 0) is 17.1 Å². The standard InChI is InChI=1S/C17H15N2.C12H17.ClH.Fe.H3N/c1-4-14-9-7-12-5-6-13-8-10-15(11(2)3)19-17(13)16(12)18-14;1-9(2)11-6-5-7-12(8-11)10(3)4;;;/h5-11H,1H2,2-3H3;5-7,9-10H,1-4H3;1H;;1H3/q2*-1;;+2;. The van der Waals surface area contributed by atoms with E-state index in [0.717, 1.165) is 33.2 Å². The Hall–Kier alpha value is -2.23. The number of aromatic nitrogens is 2. The molecular weight excluding hydrogens is 482 g/mol. The van der Waals surface area contributed by atoms with Crippen molar-refractivity contribution >= 4 is 34.2 Å². The van der Waals surface area contributed by atoms with E-state index in [0.29, 0.717) is 17.8 Å². The first-order valence-electron chi connectivity index (χ1n) is 11.1. The molecule has 0 saturated carbocycles. The molecule has 2 aromatic carbocycles. The number of rotatable bonds is 4. The van der Waals surface area contributed by atoms with Gasteiger partial charge < -0.3 is 6.15 Å². The van der Waals surface area contributed by atoms with Crippen LogP contribution < -0.4 is 6.15 Å². The van der Waals surface area contributed by atoms with Gasteiger partial charge in [-0.2, -0.15) is 48.0 Å². The number of halogens is 1. The van der Waals surface area contributed by atoms with Crippen molar-refractivity contribution in [2.75, 3.05) is 0 Å². The van der Waals surface area contributed by atoms with Crippen molar-refractivity contribution in [3.05, 3.63) is 95.8 Å². The Bertz CT molecular complexity index is 1180. The van der Waals surface area contributed by atoms with Crippen LogP contribution in [0, 0.1) is 12.1 Å². The van der Waals surface area contributed by atoms with Gasteiger partial charge in [-0.15, -0.1) is 24.2 Å². The van der Waals surface area contributed by atoms with Crippen LogP contribution in [0.3, 0.4) is 0 Å². The number of fused-ring (bicyclic) bond motifs is 3. The minimum absolute atomic E-state index is 0. The second-order valence-electron chi connectivity index (χ2n) is 8.84. The summed E-state index contributed by atoms with van der Waals surface area (Å²) in [6.45, 7) is 16.8. The van der Waals surface area contributed by atoms with Gasteiger partial charge in [0.25, 0.3) is 0 Å². The quantitative estimate of drug-likeness (QED) is 0.167. The van der Waals surface area contributed by atoms with Gasteiger partial charge in [0.2, 0.25) is 0 Å². The molecule has 2 aromatic heterocycles. The molecule has 34 heavy (non-hydrogen) atoms. The largest absolute Gasteiger partial charge is 2.00 e. The van der Waals surface area contributed by atoms with Crippen LogP contribution in [0.15, 0.2) is 61.2 Å². The molecule has 0 radical (unpaired) electrons. The second-order valence-corrected chi connectivity index (χ2v) is 8.84. The average molecular weight is 518 g/mol. The van der Waals surface area contributed by atoms with Crippen LogP contribution >= 0.6 is 12.4 Å². The zero-order chi connectivity index (χ0) is 22.5. The molecule has 182 valence electrons. The van der Waals surface area contributed by atoms with Crippen molar-refractivity contribution in [3.8, 4) is 0 Å². The molecule has 0 amide bonds. The van der Waals surface area contributed by atoms with Crippen molar-refractivity contribution in [2.45, 2.75) is 59.3 Å². The first-order valence-corrected chi connectivity index (χ1v) is 11.1. The average Bonchev–Trinajstić information content (AvgIpc) is 2.78. The zero-order valence-corrected chi connectivity index (χ0v) is 22.9. The van der Waals surface area contributed by atoms with Gasteiger partial charge in [0.1, 0.15) is 0 Å². The molecule has 5 heteroatoms. The van der Waals surface area contributed by atoms with E-state index in [1.54, 1.807) is 0 Å². The molecule has 0 aliphatic rings. The van der Waals surface area contributed by atoms with Gasteiger partial charge >= 0.3 is 17.1 Å². The Labute approximate surface area is 222 Å². The molecule has 2 heterocycles. The Morgan fingerprint density at radius 2 is 1.18 bits per heavy atom. The Morgan fingerprint density at radius 1 is 0.706 bits per heavy atom. The minimum Gasteiger partial charge on any atom is -0.344 e. The van der Waals surface area contributed by atoms with Gasteiger partial charge in [-0.05, 0) is 29.2 Å². The van der Waals surface area contributed by atoms with E-state index < -0.39 is 0 Å². The molecule has 0 unspecified atom stereocenters. The Kier molecular flexibility index (Phi) is 13.3. The zero-order valence-electron chi connectivity index (χ0n) is 21.0. The third kappa shape index (κ3) is 7.65. The first kappa shape index (κ1) is 31.8. The molecule has 0 atom stereocenters. The van der Waals surface area contributed by atoms with Crippen LogP contribution in [-0.4, -0.2) is 9.97 Å². The van der Waals surface area contributed by atoms with E-state index >= 15 is 0 Å². The maximum absolute atomic E-state index is 4.77. The normalized spacial score (nSPS) is 10.3. The van der Waals surface area contributed by atoms with E-state index in [1.165, 1.54) is 11.1 Å². The molecule has 4 rings (SSSR count). The topological polar surface area (TPSA) is 60.8 Å². The van der Waals surface area contributed by atoms with Gasteiger partial charge in [-0.25, -0.2) is 6.08 Å². The molecular formula is C29H36ClFeN3. The third-order valence-corrected chi connectivity index (χ3v) is 5.40. The number of pyridine rings is 2. The SMILES string of the molecule is C=[C-]c1ccc2ccc3ccc(C(C)C)nc3c2n1.CC(C)c1[c-]c(C(C)C)ccc1.Cl.N.[Fe+2]. The molecule has 0 fully saturated rings. The van der Waals surface area contributed by atoms with Crippen molar-refractivity contribution in [1.82, 2.24) is 16.1 Å². The predicted molar refractivity (Wildman–Crippen MR) is 145 cm³/mol. The molecule has 0 saturated heterocycles. The van der Waals surface area contributed by atoms with E-state index in [4.69, 9.17) is 4.98 Å². The van der Waals surface area contributed by atoms with E-state index in [1.807, 2.05) is 12.1 Å². The third-order valence-electron chi connectivity index (χ3n) is 5.40. The van der Waals surface area contributed by atoms with Gasteiger partial charge in [0.05, 0.1) is 11.0 Å². The van der Waals surface area contributed by atoms with Gasteiger partial charge in [-0.3, -0.25) is 9.97 Å². The number of benzene rings is 2. The minimum atomic E-state index is 0. The smallest absolute Gasteiger partial charge is 0.344 e. The van der Waals surface area contributed by atoms with Crippen LogP contribution in [0.1, 0.15) is 81.8 Å². The van der Waals surface area contributed by atoms with Crippen LogP contribution in [0.2, 0.25) is 0 Å². The molecule has 0 aliphatic carbocycles. The number of hydrogen-bond donors (Lipinski definition) is 1. The van der Waals surface area contributed by atoms with Crippen molar-refractivity contribution in [2.24, 2.45) is 0 Å². The van der Waals surface area contributed by atoms with Crippen LogP contribution in [0.4, 0.5) is 0 Å². The summed E-state index contributed by atoms with van der Waals surface area (Å²) >= 11 is 0. The van der Waals surface area contributed by atoms with Crippen molar-refractivity contribution in [1.29, 1.82) is 0 Å². The summed E-state index contributed by atoms with van der Waals surface area (Å²) in [7, 11) is 0. The number of nitrogens with zero attached hydrogens (tertiary/aromatic N) is 2. The van der Waals surface area contributed by atoms with Gasteiger partial charge in [0, 0.05) is 11.1 Å². The summed E-state index contributed by atoms with van der Waals surface area (Å²) in [5.74, 6) is 1.58. The van der Waals surface area contributed by atoms with E-state index in [9.17, 15) is 0 Å². The molecule has 0 aliphatic heterocycles. The van der Waals surface area contributed by atoms with E-state index in [2.05, 4.69) is 108 Å². The molecule has 3 N–H and O–H groups in total. The monoisotopic (exact) mass is 517 g/mol. The first-order chi connectivity index (χ1) is 14.8. The fraction of sp³-hybridized carbons (Fsp3) is 0.310. The summed E-state index contributed by atoms with van der Waals surface area (Å²) < 4.78 is 0. The maximum Gasteiger partial charge on any atom is 2.00 e. The summed E-state index contributed by atoms with van der Waals surface area (Å²) in [4.78, 5) is 9.35. The Balaban J connectivity index is 0.000000642.